The molecule has 0 radical (unpaired) electrons. The van der Waals surface area contributed by atoms with Crippen LogP contribution in [0.25, 0.3) is 0 Å². The van der Waals surface area contributed by atoms with Gasteiger partial charge in [0.15, 0.2) is 0 Å². The van der Waals surface area contributed by atoms with E-state index in [0.717, 1.165) is 17.9 Å². The van der Waals surface area contributed by atoms with Gasteiger partial charge in [-0.3, -0.25) is 4.79 Å². The highest BCUT2D eigenvalue weighted by Crippen LogP contribution is 2.25. The molecule has 1 rings (SSSR count). The number of methoxy groups -OCH3 is 1. The van der Waals surface area contributed by atoms with E-state index in [2.05, 4.69) is 0 Å². The first-order valence-corrected chi connectivity index (χ1v) is 7.66. The standard InChI is InChI=1S/C13H26N2O2S/c1-13(2,3)11(14)12(16)15(6-7-17-4)10-5-8-18-9-10/h10-11H,5-9,14H2,1-4H3. The lowest BCUT2D eigenvalue weighted by atomic mass is 9.86. The molecule has 2 unspecified atom stereocenters. The molecule has 0 aromatic heterocycles. The van der Waals surface area contributed by atoms with Gasteiger partial charge in [0.05, 0.1) is 12.6 Å². The topological polar surface area (TPSA) is 55.6 Å². The van der Waals surface area contributed by atoms with Crippen LogP contribution in [0.1, 0.15) is 27.2 Å². The Morgan fingerprint density at radius 1 is 1.56 bits per heavy atom. The lowest BCUT2D eigenvalue weighted by molar-refractivity contribution is -0.137. The highest BCUT2D eigenvalue weighted by atomic mass is 32.2. The molecule has 1 fully saturated rings. The molecule has 18 heavy (non-hydrogen) atoms. The Hall–Kier alpha value is -0.260. The lowest BCUT2D eigenvalue weighted by Crippen LogP contribution is -2.54. The van der Waals surface area contributed by atoms with E-state index in [1.807, 2.05) is 37.4 Å². The van der Waals surface area contributed by atoms with E-state index >= 15 is 0 Å². The summed E-state index contributed by atoms with van der Waals surface area (Å²) in [7, 11) is 1.66. The third kappa shape index (κ3) is 4.14. The van der Waals surface area contributed by atoms with E-state index in [1.165, 1.54) is 0 Å². The average Bonchev–Trinajstić information content (AvgIpc) is 2.80. The third-order valence-electron chi connectivity index (χ3n) is 3.36. The maximum atomic E-state index is 12.5. The van der Waals surface area contributed by atoms with Crippen LogP contribution in [0, 0.1) is 5.41 Å². The summed E-state index contributed by atoms with van der Waals surface area (Å²) in [5.74, 6) is 2.21. The molecular formula is C13H26N2O2S. The molecule has 0 aromatic rings. The molecule has 2 N–H and O–H groups in total. The fourth-order valence-corrected chi connectivity index (χ4v) is 3.20. The fraction of sp³-hybridized carbons (Fsp3) is 0.923. The maximum absolute atomic E-state index is 12.5. The van der Waals surface area contributed by atoms with Crippen LogP contribution >= 0.6 is 11.8 Å². The van der Waals surface area contributed by atoms with Crippen LogP contribution in [0.4, 0.5) is 0 Å². The molecule has 1 amide bonds. The fourth-order valence-electron chi connectivity index (χ4n) is 1.98. The van der Waals surface area contributed by atoms with Gasteiger partial charge in [0.25, 0.3) is 0 Å². The van der Waals surface area contributed by atoms with Crippen LogP contribution in [-0.2, 0) is 9.53 Å². The van der Waals surface area contributed by atoms with E-state index in [9.17, 15) is 4.79 Å². The van der Waals surface area contributed by atoms with Gasteiger partial charge < -0.3 is 15.4 Å². The lowest BCUT2D eigenvalue weighted by Gasteiger charge is -2.35. The van der Waals surface area contributed by atoms with E-state index in [0.29, 0.717) is 19.2 Å². The Labute approximate surface area is 115 Å². The molecule has 4 nitrogen and oxygen atoms in total. The first-order valence-electron chi connectivity index (χ1n) is 6.50. The predicted octanol–water partition coefficient (Wildman–Crippen LogP) is 1.34. The van der Waals surface area contributed by atoms with E-state index < -0.39 is 6.04 Å². The van der Waals surface area contributed by atoms with Crippen LogP contribution in [0.15, 0.2) is 0 Å². The van der Waals surface area contributed by atoms with Crippen molar-refractivity contribution in [1.29, 1.82) is 0 Å². The first-order chi connectivity index (χ1) is 8.38. The Balaban J connectivity index is 2.71. The van der Waals surface area contributed by atoms with Crippen molar-refractivity contribution in [2.75, 3.05) is 31.8 Å². The van der Waals surface area contributed by atoms with Gasteiger partial charge in [-0.15, -0.1) is 0 Å². The van der Waals surface area contributed by atoms with Crippen molar-refractivity contribution in [3.05, 3.63) is 0 Å². The summed E-state index contributed by atoms with van der Waals surface area (Å²) in [4.78, 5) is 14.4. The largest absolute Gasteiger partial charge is 0.383 e. The molecule has 1 heterocycles. The van der Waals surface area contributed by atoms with Crippen LogP contribution in [0.2, 0.25) is 0 Å². The molecule has 0 bridgehead atoms. The molecule has 5 heteroatoms. The van der Waals surface area contributed by atoms with Crippen LogP contribution in [0.3, 0.4) is 0 Å². The SMILES string of the molecule is COCCN(C(=O)C(N)C(C)(C)C)C1CCSC1. The van der Waals surface area contributed by atoms with E-state index in [4.69, 9.17) is 10.5 Å². The highest BCUT2D eigenvalue weighted by molar-refractivity contribution is 7.99. The molecule has 1 saturated heterocycles. The molecular weight excluding hydrogens is 248 g/mol. The van der Waals surface area contributed by atoms with Crippen molar-refractivity contribution in [2.45, 2.75) is 39.3 Å². The number of thioether (sulfide) groups is 1. The van der Waals surface area contributed by atoms with Crippen molar-refractivity contribution >= 4 is 17.7 Å². The highest BCUT2D eigenvalue weighted by Gasteiger charge is 2.35. The summed E-state index contributed by atoms with van der Waals surface area (Å²) in [6, 6.07) is -0.119. The zero-order valence-corrected chi connectivity index (χ0v) is 12.8. The predicted molar refractivity (Wildman–Crippen MR) is 76.7 cm³/mol. The molecule has 0 spiro atoms. The smallest absolute Gasteiger partial charge is 0.240 e. The van der Waals surface area contributed by atoms with Gasteiger partial charge in [0, 0.05) is 25.4 Å². The Morgan fingerprint density at radius 2 is 2.22 bits per heavy atom. The average molecular weight is 274 g/mol. The first kappa shape index (κ1) is 15.8. The zero-order valence-electron chi connectivity index (χ0n) is 11.9. The van der Waals surface area contributed by atoms with Gasteiger partial charge in [-0.2, -0.15) is 11.8 Å². The second-order valence-electron chi connectivity index (χ2n) is 5.89. The van der Waals surface area contributed by atoms with Crippen LogP contribution in [0.5, 0.6) is 0 Å². The van der Waals surface area contributed by atoms with Gasteiger partial charge in [-0.05, 0) is 17.6 Å². The van der Waals surface area contributed by atoms with E-state index in [1.54, 1.807) is 7.11 Å². The number of rotatable bonds is 5. The normalized spacial score (nSPS) is 21.9. The summed E-state index contributed by atoms with van der Waals surface area (Å²) in [6.07, 6.45) is 1.07. The van der Waals surface area contributed by atoms with Gasteiger partial charge in [0.2, 0.25) is 5.91 Å². The number of hydrogen-bond donors (Lipinski definition) is 1. The molecule has 1 aliphatic heterocycles. The Morgan fingerprint density at radius 3 is 2.67 bits per heavy atom. The Kier molecular flexibility index (Phi) is 5.95. The number of nitrogens with zero attached hydrogens (tertiary/aromatic N) is 1. The van der Waals surface area contributed by atoms with Crippen LogP contribution < -0.4 is 5.73 Å². The molecule has 0 saturated carbocycles. The summed E-state index contributed by atoms with van der Waals surface area (Å²) in [5, 5.41) is 0. The van der Waals surface area contributed by atoms with Crippen molar-refractivity contribution in [3.8, 4) is 0 Å². The van der Waals surface area contributed by atoms with Crippen molar-refractivity contribution in [2.24, 2.45) is 11.1 Å². The number of ether oxygens (including phenoxy) is 1. The third-order valence-corrected chi connectivity index (χ3v) is 4.51. The monoisotopic (exact) mass is 274 g/mol. The van der Waals surface area contributed by atoms with Gasteiger partial charge >= 0.3 is 0 Å². The zero-order chi connectivity index (χ0) is 13.8. The van der Waals surface area contributed by atoms with E-state index in [-0.39, 0.29) is 11.3 Å². The maximum Gasteiger partial charge on any atom is 0.240 e. The summed E-state index contributed by atoms with van der Waals surface area (Å²) >= 11 is 1.91. The van der Waals surface area contributed by atoms with Crippen molar-refractivity contribution in [3.63, 3.8) is 0 Å². The van der Waals surface area contributed by atoms with Crippen LogP contribution in [-0.4, -0.2) is 54.7 Å². The number of nitrogens with two attached hydrogens (primary N) is 1. The minimum absolute atomic E-state index is 0.0621. The number of carbonyl (C=O) groups excluding carboxylic acids is 1. The molecule has 106 valence electrons. The summed E-state index contributed by atoms with van der Waals surface area (Å²) < 4.78 is 5.11. The quantitative estimate of drug-likeness (QED) is 0.822. The van der Waals surface area contributed by atoms with Gasteiger partial charge in [-0.1, -0.05) is 20.8 Å². The minimum atomic E-state index is -0.444. The number of carbonyl (C=O) groups is 1. The van der Waals surface area contributed by atoms with Gasteiger partial charge in [-0.25, -0.2) is 0 Å². The Bertz CT molecular complexity index is 273. The summed E-state index contributed by atoms with van der Waals surface area (Å²) in [5.41, 5.74) is 5.90. The second kappa shape index (κ2) is 6.78. The summed E-state index contributed by atoms with van der Waals surface area (Å²) in [6.45, 7) is 7.24. The molecule has 0 aliphatic carbocycles. The minimum Gasteiger partial charge on any atom is -0.383 e. The van der Waals surface area contributed by atoms with Crippen molar-refractivity contribution in [1.82, 2.24) is 4.90 Å². The second-order valence-corrected chi connectivity index (χ2v) is 7.04. The molecule has 1 aliphatic rings. The number of hydrogen-bond acceptors (Lipinski definition) is 4. The van der Waals surface area contributed by atoms with Gasteiger partial charge in [0.1, 0.15) is 0 Å². The number of amides is 1. The molecule has 2 atom stereocenters. The molecule has 0 aromatic carbocycles. The van der Waals surface area contributed by atoms with Crippen molar-refractivity contribution < 1.29 is 9.53 Å².